The lowest BCUT2D eigenvalue weighted by Crippen LogP contribution is -1.97. The SMILES string of the molecule is Cc1occc1-c1nnc(Sc2nc(-c3ccncc3)nc3ccccc23)n1C. The zero-order valence-corrected chi connectivity index (χ0v) is 16.6. The Morgan fingerprint density at radius 2 is 1.79 bits per heavy atom. The number of hydrogen-bond donors (Lipinski definition) is 0. The standard InChI is InChI=1S/C21H16N6OS/c1-13-15(9-12-28-13)19-25-26-21(27(19)2)29-20-16-5-3-4-6-17(16)23-18(24-20)14-7-10-22-11-8-14/h3-12H,1-2H3. The van der Waals surface area contributed by atoms with Gasteiger partial charge in [-0.15, -0.1) is 10.2 Å². The normalized spacial score (nSPS) is 11.2. The van der Waals surface area contributed by atoms with Crippen molar-refractivity contribution in [1.82, 2.24) is 29.7 Å². The van der Waals surface area contributed by atoms with Crippen molar-refractivity contribution in [3.8, 4) is 22.8 Å². The quantitative estimate of drug-likeness (QED) is 0.410. The van der Waals surface area contributed by atoms with Crippen LogP contribution < -0.4 is 0 Å². The van der Waals surface area contributed by atoms with E-state index in [1.165, 1.54) is 11.8 Å². The zero-order chi connectivity index (χ0) is 19.8. The summed E-state index contributed by atoms with van der Waals surface area (Å²) in [6.07, 6.45) is 5.14. The molecule has 7 nitrogen and oxygen atoms in total. The first-order chi connectivity index (χ1) is 14.2. The second-order valence-corrected chi connectivity index (χ2v) is 7.42. The van der Waals surface area contributed by atoms with Crippen LogP contribution in [0.5, 0.6) is 0 Å². The number of furan rings is 1. The Hall–Kier alpha value is -3.52. The van der Waals surface area contributed by atoms with E-state index in [2.05, 4.69) is 15.2 Å². The van der Waals surface area contributed by atoms with Crippen molar-refractivity contribution in [3.63, 3.8) is 0 Å². The van der Waals surface area contributed by atoms with E-state index in [1.54, 1.807) is 18.7 Å². The van der Waals surface area contributed by atoms with Gasteiger partial charge in [0.1, 0.15) is 10.8 Å². The molecule has 0 bridgehead atoms. The summed E-state index contributed by atoms with van der Waals surface area (Å²) in [5, 5.41) is 11.3. The fraction of sp³-hybridized carbons (Fsp3) is 0.0952. The van der Waals surface area contributed by atoms with Crippen molar-refractivity contribution in [1.29, 1.82) is 0 Å². The van der Waals surface area contributed by atoms with E-state index in [1.807, 2.05) is 61.0 Å². The fourth-order valence-electron chi connectivity index (χ4n) is 3.10. The number of para-hydroxylation sites is 1. The van der Waals surface area contributed by atoms with Crippen LogP contribution in [0, 0.1) is 6.92 Å². The Balaban J connectivity index is 1.61. The Kier molecular flexibility index (Phi) is 4.33. The van der Waals surface area contributed by atoms with E-state index in [4.69, 9.17) is 14.4 Å². The van der Waals surface area contributed by atoms with Gasteiger partial charge in [-0.2, -0.15) is 0 Å². The lowest BCUT2D eigenvalue weighted by atomic mass is 10.2. The first-order valence-electron chi connectivity index (χ1n) is 8.99. The number of hydrogen-bond acceptors (Lipinski definition) is 7. The molecule has 0 N–H and O–H groups in total. The van der Waals surface area contributed by atoms with Gasteiger partial charge in [-0.3, -0.25) is 4.98 Å². The van der Waals surface area contributed by atoms with E-state index >= 15 is 0 Å². The molecule has 4 heterocycles. The summed E-state index contributed by atoms with van der Waals surface area (Å²) in [7, 11) is 1.94. The molecule has 29 heavy (non-hydrogen) atoms. The van der Waals surface area contributed by atoms with Gasteiger partial charge < -0.3 is 8.98 Å². The first-order valence-corrected chi connectivity index (χ1v) is 9.81. The molecule has 142 valence electrons. The van der Waals surface area contributed by atoms with Crippen molar-refractivity contribution in [2.45, 2.75) is 17.1 Å². The molecule has 0 atom stereocenters. The van der Waals surface area contributed by atoms with E-state index < -0.39 is 0 Å². The molecular weight excluding hydrogens is 384 g/mol. The van der Waals surface area contributed by atoms with Crippen LogP contribution in [0.15, 0.2) is 75.7 Å². The highest BCUT2D eigenvalue weighted by Crippen LogP contribution is 2.34. The average molecular weight is 400 g/mol. The topological polar surface area (TPSA) is 82.5 Å². The maximum atomic E-state index is 5.41. The summed E-state index contributed by atoms with van der Waals surface area (Å²) in [5.74, 6) is 2.22. The summed E-state index contributed by atoms with van der Waals surface area (Å²) in [6.45, 7) is 1.91. The van der Waals surface area contributed by atoms with Crippen LogP contribution in [0.25, 0.3) is 33.7 Å². The minimum Gasteiger partial charge on any atom is -0.469 e. The highest BCUT2D eigenvalue weighted by atomic mass is 32.2. The molecule has 0 unspecified atom stereocenters. The number of nitrogens with zero attached hydrogens (tertiary/aromatic N) is 6. The Morgan fingerprint density at radius 3 is 2.59 bits per heavy atom. The second kappa shape index (κ2) is 7.14. The maximum Gasteiger partial charge on any atom is 0.197 e. The number of benzene rings is 1. The predicted octanol–water partition coefficient (Wildman–Crippen LogP) is 4.54. The second-order valence-electron chi connectivity index (χ2n) is 6.46. The third-order valence-corrected chi connectivity index (χ3v) is 5.67. The van der Waals surface area contributed by atoms with Crippen molar-refractivity contribution >= 4 is 22.7 Å². The van der Waals surface area contributed by atoms with Gasteiger partial charge in [-0.25, -0.2) is 9.97 Å². The van der Waals surface area contributed by atoms with Crippen molar-refractivity contribution in [2.24, 2.45) is 7.05 Å². The molecule has 0 radical (unpaired) electrons. The summed E-state index contributed by atoms with van der Waals surface area (Å²) in [6, 6.07) is 13.7. The van der Waals surface area contributed by atoms with Gasteiger partial charge in [-0.1, -0.05) is 18.2 Å². The fourth-order valence-corrected chi connectivity index (χ4v) is 3.99. The third-order valence-electron chi connectivity index (χ3n) is 4.63. The van der Waals surface area contributed by atoms with Gasteiger partial charge in [0.25, 0.3) is 0 Å². The molecule has 5 rings (SSSR count). The van der Waals surface area contributed by atoms with Crippen LogP contribution in [0.2, 0.25) is 0 Å². The lowest BCUT2D eigenvalue weighted by molar-refractivity contribution is 0.534. The largest absolute Gasteiger partial charge is 0.469 e. The molecule has 8 heteroatoms. The van der Waals surface area contributed by atoms with Crippen LogP contribution in [-0.4, -0.2) is 29.7 Å². The summed E-state index contributed by atoms with van der Waals surface area (Å²) < 4.78 is 7.36. The molecule has 1 aromatic carbocycles. The maximum absolute atomic E-state index is 5.41. The molecule has 0 saturated heterocycles. The lowest BCUT2D eigenvalue weighted by Gasteiger charge is -2.08. The number of aryl methyl sites for hydroxylation is 1. The highest BCUT2D eigenvalue weighted by Gasteiger charge is 2.18. The molecule has 0 saturated carbocycles. The molecule has 4 aromatic heterocycles. The van der Waals surface area contributed by atoms with Crippen LogP contribution in [0.1, 0.15) is 5.76 Å². The van der Waals surface area contributed by atoms with Crippen LogP contribution in [-0.2, 0) is 7.05 Å². The van der Waals surface area contributed by atoms with Gasteiger partial charge in [-0.05, 0) is 43.0 Å². The number of fused-ring (bicyclic) bond motifs is 1. The average Bonchev–Trinajstić information content (AvgIpc) is 3.34. The monoisotopic (exact) mass is 400 g/mol. The van der Waals surface area contributed by atoms with Gasteiger partial charge in [0.15, 0.2) is 16.8 Å². The Labute approximate surface area is 170 Å². The van der Waals surface area contributed by atoms with Crippen molar-refractivity contribution in [2.75, 3.05) is 0 Å². The van der Waals surface area contributed by atoms with Crippen molar-refractivity contribution < 1.29 is 4.42 Å². The van der Waals surface area contributed by atoms with Gasteiger partial charge in [0.2, 0.25) is 0 Å². The minimum absolute atomic E-state index is 0.654. The summed E-state index contributed by atoms with van der Waals surface area (Å²) >= 11 is 1.47. The summed E-state index contributed by atoms with van der Waals surface area (Å²) in [5.41, 5.74) is 2.72. The molecule has 0 spiro atoms. The molecule has 0 aliphatic rings. The highest BCUT2D eigenvalue weighted by molar-refractivity contribution is 7.99. The number of aromatic nitrogens is 6. The third kappa shape index (κ3) is 3.17. The van der Waals surface area contributed by atoms with Crippen LogP contribution >= 0.6 is 11.8 Å². The molecule has 0 aliphatic carbocycles. The molecule has 0 aliphatic heterocycles. The van der Waals surface area contributed by atoms with Gasteiger partial charge in [0, 0.05) is 30.4 Å². The van der Waals surface area contributed by atoms with Gasteiger partial charge in [0.05, 0.1) is 17.3 Å². The van der Waals surface area contributed by atoms with E-state index in [-0.39, 0.29) is 0 Å². The molecule has 0 amide bonds. The first kappa shape index (κ1) is 17.6. The van der Waals surface area contributed by atoms with E-state index in [0.717, 1.165) is 43.8 Å². The zero-order valence-electron chi connectivity index (χ0n) is 15.8. The smallest absolute Gasteiger partial charge is 0.197 e. The molecule has 0 fully saturated rings. The van der Waals surface area contributed by atoms with Crippen molar-refractivity contribution in [3.05, 3.63) is 66.9 Å². The van der Waals surface area contributed by atoms with E-state index in [0.29, 0.717) is 5.82 Å². The molecule has 5 aromatic rings. The number of rotatable bonds is 4. The van der Waals surface area contributed by atoms with Crippen LogP contribution in [0.4, 0.5) is 0 Å². The number of pyridine rings is 1. The predicted molar refractivity (Wildman–Crippen MR) is 110 cm³/mol. The Morgan fingerprint density at radius 1 is 0.966 bits per heavy atom. The van der Waals surface area contributed by atoms with E-state index in [9.17, 15) is 0 Å². The minimum atomic E-state index is 0.654. The summed E-state index contributed by atoms with van der Waals surface area (Å²) in [4.78, 5) is 13.6. The Bertz CT molecular complexity index is 1310. The van der Waals surface area contributed by atoms with Crippen LogP contribution in [0.3, 0.4) is 0 Å². The molecular formula is C21H16N6OS. The van der Waals surface area contributed by atoms with Gasteiger partial charge >= 0.3 is 0 Å².